The van der Waals surface area contributed by atoms with Crippen molar-refractivity contribution >= 4 is 16.0 Å². The highest BCUT2D eigenvalue weighted by Gasteiger charge is 2.53. The second-order valence-electron chi connectivity index (χ2n) is 5.52. The molecule has 1 heterocycles. The van der Waals surface area contributed by atoms with E-state index in [-0.39, 0.29) is 16.0 Å². The summed E-state index contributed by atoms with van der Waals surface area (Å²) in [5.74, 6) is -0.492. The van der Waals surface area contributed by atoms with E-state index in [9.17, 15) is 13.2 Å². The van der Waals surface area contributed by atoms with Gasteiger partial charge in [-0.05, 0) is 43.1 Å². The number of carboxylic acid groups (broad SMARTS) is 1. The first-order chi connectivity index (χ1) is 8.93. The van der Waals surface area contributed by atoms with Crippen molar-refractivity contribution in [3.8, 4) is 0 Å². The van der Waals surface area contributed by atoms with E-state index < -0.39 is 16.0 Å². The number of H-pyrrole nitrogens is 1. The first kappa shape index (κ1) is 12.7. The molecule has 0 radical (unpaired) electrons. The fraction of sp³-hybridized carbons (Fsp3) is 0.583. The van der Waals surface area contributed by atoms with Crippen LogP contribution in [-0.4, -0.2) is 31.0 Å². The van der Waals surface area contributed by atoms with Crippen molar-refractivity contribution in [3.05, 3.63) is 18.0 Å². The fourth-order valence-electron chi connectivity index (χ4n) is 2.56. The van der Waals surface area contributed by atoms with E-state index in [1.165, 1.54) is 19.0 Å². The van der Waals surface area contributed by atoms with Gasteiger partial charge in [-0.1, -0.05) is 0 Å². The first-order valence-corrected chi connectivity index (χ1v) is 7.83. The molecule has 2 fully saturated rings. The minimum absolute atomic E-state index is 0.0171. The number of carbonyl (C=O) groups is 1. The minimum Gasteiger partial charge on any atom is -0.477 e. The summed E-state index contributed by atoms with van der Waals surface area (Å²) in [7, 11) is -3.62. The third-order valence-corrected chi connectivity index (χ3v) is 5.53. The number of hydrogen-bond acceptors (Lipinski definition) is 3. The predicted octanol–water partition coefficient (Wildman–Crippen LogP) is 1.18. The van der Waals surface area contributed by atoms with Crippen LogP contribution in [0, 0.1) is 11.3 Å². The molecule has 2 aliphatic carbocycles. The van der Waals surface area contributed by atoms with Crippen molar-refractivity contribution in [2.75, 3.05) is 6.54 Å². The Morgan fingerprint density at radius 3 is 2.63 bits per heavy atom. The van der Waals surface area contributed by atoms with Crippen LogP contribution in [-0.2, 0) is 10.0 Å². The molecule has 2 aliphatic rings. The van der Waals surface area contributed by atoms with Crippen molar-refractivity contribution in [1.29, 1.82) is 0 Å². The summed E-state index contributed by atoms with van der Waals surface area (Å²) in [6.07, 6.45) is 5.80. The van der Waals surface area contributed by atoms with Gasteiger partial charge in [-0.25, -0.2) is 17.9 Å². The Morgan fingerprint density at radius 1 is 1.47 bits per heavy atom. The molecular weight excluding hydrogens is 268 g/mol. The summed E-state index contributed by atoms with van der Waals surface area (Å²) in [4.78, 5) is 13.1. The molecule has 0 atom stereocenters. The third kappa shape index (κ3) is 2.40. The van der Waals surface area contributed by atoms with E-state index in [1.54, 1.807) is 0 Å². The molecule has 6 nitrogen and oxygen atoms in total. The lowest BCUT2D eigenvalue weighted by Crippen LogP contribution is -2.31. The molecule has 0 spiro atoms. The summed E-state index contributed by atoms with van der Waals surface area (Å²) < 4.78 is 26.7. The number of aromatic nitrogens is 1. The number of carboxylic acids is 1. The highest BCUT2D eigenvalue weighted by atomic mass is 32.2. The van der Waals surface area contributed by atoms with E-state index in [1.807, 2.05) is 0 Å². The zero-order valence-electron chi connectivity index (χ0n) is 10.3. The number of sulfonamides is 1. The highest BCUT2D eigenvalue weighted by Crippen LogP contribution is 2.60. The van der Waals surface area contributed by atoms with Gasteiger partial charge in [0, 0.05) is 12.7 Å². The molecule has 1 aromatic rings. The van der Waals surface area contributed by atoms with E-state index in [0.29, 0.717) is 12.5 Å². The number of hydrogen-bond donors (Lipinski definition) is 3. The largest absolute Gasteiger partial charge is 0.477 e. The Hall–Kier alpha value is -1.34. The Morgan fingerprint density at radius 2 is 2.16 bits per heavy atom. The molecule has 0 aromatic carbocycles. The maximum atomic E-state index is 12.1. The summed E-state index contributed by atoms with van der Waals surface area (Å²) in [6, 6.07) is 1.14. The highest BCUT2D eigenvalue weighted by molar-refractivity contribution is 7.89. The molecule has 104 valence electrons. The number of nitrogens with one attached hydrogen (secondary N) is 2. The number of aromatic carboxylic acids is 1. The standard InChI is InChI=1S/C12H16N2O4S/c15-11(16)10-5-9(6-13-10)19(17,18)14-7-12(3-4-12)8-1-2-8/h5-6,8,13-14H,1-4,7H2,(H,15,16). The van der Waals surface area contributed by atoms with Crippen LogP contribution >= 0.6 is 0 Å². The molecule has 0 bridgehead atoms. The molecule has 3 N–H and O–H groups in total. The van der Waals surface area contributed by atoms with Crippen molar-refractivity contribution in [2.45, 2.75) is 30.6 Å². The van der Waals surface area contributed by atoms with Crippen LogP contribution in [0.4, 0.5) is 0 Å². The van der Waals surface area contributed by atoms with Crippen molar-refractivity contribution < 1.29 is 18.3 Å². The van der Waals surface area contributed by atoms with E-state index >= 15 is 0 Å². The lowest BCUT2D eigenvalue weighted by Gasteiger charge is -2.14. The van der Waals surface area contributed by atoms with E-state index in [2.05, 4.69) is 9.71 Å². The Kier molecular flexibility index (Phi) is 2.72. The lowest BCUT2D eigenvalue weighted by atomic mass is 10.0. The zero-order chi connectivity index (χ0) is 13.7. The average molecular weight is 284 g/mol. The second kappa shape index (κ2) is 4.08. The van der Waals surface area contributed by atoms with Crippen LogP contribution in [0.1, 0.15) is 36.2 Å². The normalized spacial score (nSPS) is 21.3. The molecule has 0 saturated heterocycles. The van der Waals surface area contributed by atoms with Gasteiger partial charge < -0.3 is 10.1 Å². The number of rotatable bonds is 6. The maximum Gasteiger partial charge on any atom is 0.352 e. The third-order valence-electron chi connectivity index (χ3n) is 4.15. The predicted molar refractivity (Wildman–Crippen MR) is 67.3 cm³/mol. The van der Waals surface area contributed by atoms with Gasteiger partial charge in [0.1, 0.15) is 10.6 Å². The molecule has 0 amide bonds. The summed E-state index contributed by atoms with van der Waals surface area (Å²) in [6.45, 7) is 0.466. The van der Waals surface area contributed by atoms with Crippen LogP contribution in [0.5, 0.6) is 0 Å². The Labute approximate surface area is 111 Å². The molecule has 7 heteroatoms. The van der Waals surface area contributed by atoms with E-state index in [4.69, 9.17) is 5.11 Å². The lowest BCUT2D eigenvalue weighted by molar-refractivity contribution is 0.0691. The molecule has 3 rings (SSSR count). The molecular formula is C12H16N2O4S. The Balaban J connectivity index is 1.69. The first-order valence-electron chi connectivity index (χ1n) is 6.34. The van der Waals surface area contributed by atoms with Crippen molar-refractivity contribution in [2.24, 2.45) is 11.3 Å². The van der Waals surface area contributed by atoms with Crippen LogP contribution in [0.3, 0.4) is 0 Å². The van der Waals surface area contributed by atoms with Gasteiger partial charge in [0.05, 0.1) is 0 Å². The topological polar surface area (TPSA) is 99.3 Å². The average Bonchev–Trinajstić information content (AvgIpc) is 3.24. The SMILES string of the molecule is O=C(O)c1cc(S(=O)(=O)NCC2(C3CC3)CC2)c[nH]1. The summed E-state index contributed by atoms with van der Waals surface area (Å²) in [5.41, 5.74) is 0.0580. The summed E-state index contributed by atoms with van der Waals surface area (Å²) in [5, 5.41) is 8.77. The fourth-order valence-corrected chi connectivity index (χ4v) is 3.69. The number of aromatic amines is 1. The maximum absolute atomic E-state index is 12.1. The van der Waals surface area contributed by atoms with Gasteiger partial charge in [-0.15, -0.1) is 0 Å². The van der Waals surface area contributed by atoms with Gasteiger partial charge in [0.25, 0.3) is 0 Å². The van der Waals surface area contributed by atoms with Crippen LogP contribution in [0.25, 0.3) is 0 Å². The van der Waals surface area contributed by atoms with Crippen LogP contribution in [0.2, 0.25) is 0 Å². The molecule has 2 saturated carbocycles. The van der Waals surface area contributed by atoms with Crippen LogP contribution < -0.4 is 4.72 Å². The molecule has 1 aromatic heterocycles. The summed E-state index contributed by atoms with van der Waals surface area (Å²) >= 11 is 0. The molecule has 19 heavy (non-hydrogen) atoms. The Bertz CT molecular complexity index is 611. The van der Waals surface area contributed by atoms with Gasteiger partial charge in [0.2, 0.25) is 10.0 Å². The van der Waals surface area contributed by atoms with Crippen molar-refractivity contribution in [3.63, 3.8) is 0 Å². The minimum atomic E-state index is -3.62. The second-order valence-corrected chi connectivity index (χ2v) is 7.28. The zero-order valence-corrected chi connectivity index (χ0v) is 11.2. The molecule has 0 unspecified atom stereocenters. The van der Waals surface area contributed by atoms with E-state index in [0.717, 1.165) is 18.9 Å². The van der Waals surface area contributed by atoms with Crippen molar-refractivity contribution in [1.82, 2.24) is 9.71 Å². The van der Waals surface area contributed by atoms with Gasteiger partial charge in [-0.2, -0.15) is 0 Å². The van der Waals surface area contributed by atoms with Gasteiger partial charge >= 0.3 is 5.97 Å². The van der Waals surface area contributed by atoms with Crippen LogP contribution in [0.15, 0.2) is 17.2 Å². The van der Waals surface area contributed by atoms with Gasteiger partial charge in [0.15, 0.2) is 0 Å². The quantitative estimate of drug-likeness (QED) is 0.730. The monoisotopic (exact) mass is 284 g/mol. The smallest absolute Gasteiger partial charge is 0.352 e. The molecule has 0 aliphatic heterocycles. The van der Waals surface area contributed by atoms with Gasteiger partial charge in [-0.3, -0.25) is 0 Å².